The fourth-order valence-corrected chi connectivity index (χ4v) is 2.33. The summed E-state index contributed by atoms with van der Waals surface area (Å²) in [6.07, 6.45) is 0. The molecule has 0 atom stereocenters. The van der Waals surface area contributed by atoms with Gasteiger partial charge in [-0.1, -0.05) is 26.0 Å². The van der Waals surface area contributed by atoms with E-state index < -0.39 is 9.05 Å². The Balaban J connectivity index is 2.95. The molecule has 0 bridgehead atoms. The summed E-state index contributed by atoms with van der Waals surface area (Å²) in [7, 11) is 3.17. The summed E-state index contributed by atoms with van der Waals surface area (Å²) < 4.78 is 32.7. The highest BCUT2D eigenvalue weighted by atomic mass is 35.7. The predicted octanol–water partition coefficient (Wildman–Crippen LogP) is 2.51. The van der Waals surface area contributed by atoms with E-state index in [1.165, 1.54) is 6.07 Å². The van der Waals surface area contributed by atoms with Crippen LogP contribution in [0.2, 0.25) is 0 Å². The van der Waals surface area contributed by atoms with Crippen molar-refractivity contribution in [3.8, 4) is 0 Å². The summed E-state index contributed by atoms with van der Waals surface area (Å²) in [4.78, 5) is 0.0986. The van der Waals surface area contributed by atoms with Crippen molar-refractivity contribution in [2.45, 2.75) is 24.2 Å². The minimum absolute atomic E-state index is 0.0986. The number of rotatable bonds is 6. The Labute approximate surface area is 112 Å². The van der Waals surface area contributed by atoms with Gasteiger partial charge in [-0.25, -0.2) is 8.42 Å². The molecule has 0 aliphatic heterocycles. The highest BCUT2D eigenvalue weighted by molar-refractivity contribution is 8.13. The van der Waals surface area contributed by atoms with E-state index in [2.05, 4.69) is 0 Å². The standard InChI is InChI=1S/C12H17ClO4S/c1-12(2,8-17-9-16-3)10-5-4-6-11(7-10)18(13,14)15/h4-7H,8-9H2,1-3H3. The molecule has 18 heavy (non-hydrogen) atoms. The fraction of sp³-hybridized carbons (Fsp3) is 0.500. The van der Waals surface area contributed by atoms with Gasteiger partial charge < -0.3 is 9.47 Å². The van der Waals surface area contributed by atoms with E-state index in [4.69, 9.17) is 20.2 Å². The van der Waals surface area contributed by atoms with E-state index in [1.54, 1.807) is 19.2 Å². The molecule has 4 nitrogen and oxygen atoms in total. The van der Waals surface area contributed by atoms with Gasteiger partial charge in [0.05, 0.1) is 11.5 Å². The Morgan fingerprint density at radius 3 is 2.56 bits per heavy atom. The van der Waals surface area contributed by atoms with E-state index in [-0.39, 0.29) is 17.1 Å². The second kappa shape index (κ2) is 6.02. The molecule has 0 heterocycles. The maximum Gasteiger partial charge on any atom is 0.261 e. The first-order valence-electron chi connectivity index (χ1n) is 5.39. The molecule has 0 fully saturated rings. The maximum atomic E-state index is 11.3. The van der Waals surface area contributed by atoms with Crippen LogP contribution in [0, 0.1) is 0 Å². The van der Waals surface area contributed by atoms with Crippen molar-refractivity contribution in [3.05, 3.63) is 29.8 Å². The molecule has 0 aromatic heterocycles. The van der Waals surface area contributed by atoms with E-state index in [1.807, 2.05) is 19.9 Å². The molecule has 1 rings (SSSR count). The number of halogens is 1. The van der Waals surface area contributed by atoms with Gasteiger partial charge in [-0.3, -0.25) is 0 Å². The first kappa shape index (κ1) is 15.4. The van der Waals surface area contributed by atoms with Crippen molar-refractivity contribution in [1.82, 2.24) is 0 Å². The summed E-state index contributed by atoms with van der Waals surface area (Å²) in [6, 6.07) is 6.56. The van der Waals surface area contributed by atoms with Crippen LogP contribution < -0.4 is 0 Å². The van der Waals surface area contributed by atoms with Crippen LogP contribution in [-0.4, -0.2) is 28.9 Å². The molecule has 0 amide bonds. The van der Waals surface area contributed by atoms with Crippen molar-refractivity contribution in [1.29, 1.82) is 0 Å². The Morgan fingerprint density at radius 1 is 1.33 bits per heavy atom. The first-order valence-corrected chi connectivity index (χ1v) is 7.70. The van der Waals surface area contributed by atoms with Gasteiger partial charge in [-0.15, -0.1) is 0 Å². The zero-order chi connectivity index (χ0) is 13.8. The number of ether oxygens (including phenoxy) is 2. The SMILES string of the molecule is COCOCC(C)(C)c1cccc(S(=O)(=O)Cl)c1. The Bertz CT molecular complexity index is 497. The van der Waals surface area contributed by atoms with Crippen molar-refractivity contribution in [3.63, 3.8) is 0 Å². The molecule has 0 saturated heterocycles. The van der Waals surface area contributed by atoms with Gasteiger partial charge in [0, 0.05) is 23.2 Å². The topological polar surface area (TPSA) is 52.6 Å². The van der Waals surface area contributed by atoms with E-state index >= 15 is 0 Å². The average molecular weight is 293 g/mol. The lowest BCUT2D eigenvalue weighted by Gasteiger charge is -2.25. The number of hydrogen-bond acceptors (Lipinski definition) is 4. The average Bonchev–Trinajstić information content (AvgIpc) is 2.28. The van der Waals surface area contributed by atoms with Gasteiger partial charge in [0.2, 0.25) is 0 Å². The molecule has 1 aromatic rings. The first-order chi connectivity index (χ1) is 8.27. The van der Waals surface area contributed by atoms with Gasteiger partial charge in [0.25, 0.3) is 9.05 Å². The normalized spacial score (nSPS) is 12.7. The predicted molar refractivity (Wildman–Crippen MR) is 70.3 cm³/mol. The van der Waals surface area contributed by atoms with Crippen LogP contribution in [0.5, 0.6) is 0 Å². The lowest BCUT2D eigenvalue weighted by atomic mass is 9.86. The molecule has 0 aliphatic rings. The molecule has 0 radical (unpaired) electrons. The molecule has 102 valence electrons. The number of hydrogen-bond donors (Lipinski definition) is 0. The second-order valence-corrected chi connectivity index (χ2v) is 7.17. The molecule has 6 heteroatoms. The molecular weight excluding hydrogens is 276 g/mol. The highest BCUT2D eigenvalue weighted by Gasteiger charge is 2.22. The van der Waals surface area contributed by atoms with Gasteiger partial charge >= 0.3 is 0 Å². The smallest absolute Gasteiger partial charge is 0.261 e. The largest absolute Gasteiger partial charge is 0.359 e. The highest BCUT2D eigenvalue weighted by Crippen LogP contribution is 2.26. The van der Waals surface area contributed by atoms with E-state index in [9.17, 15) is 8.42 Å². The second-order valence-electron chi connectivity index (χ2n) is 4.60. The van der Waals surface area contributed by atoms with E-state index in [0.717, 1.165) is 5.56 Å². The van der Waals surface area contributed by atoms with E-state index in [0.29, 0.717) is 6.61 Å². The summed E-state index contributed by atoms with van der Waals surface area (Å²) in [6.45, 7) is 4.55. The van der Waals surface area contributed by atoms with Crippen LogP contribution in [0.15, 0.2) is 29.2 Å². The van der Waals surface area contributed by atoms with Crippen LogP contribution in [0.25, 0.3) is 0 Å². The van der Waals surface area contributed by atoms with Gasteiger partial charge in [0.15, 0.2) is 0 Å². The van der Waals surface area contributed by atoms with Crippen LogP contribution >= 0.6 is 10.7 Å². The maximum absolute atomic E-state index is 11.3. The number of methoxy groups -OCH3 is 1. The molecular formula is C12H17ClO4S. The third kappa shape index (κ3) is 4.24. The summed E-state index contributed by atoms with van der Waals surface area (Å²) in [5.41, 5.74) is 0.524. The van der Waals surface area contributed by atoms with Crippen LogP contribution in [0.4, 0.5) is 0 Å². The molecule has 0 spiro atoms. The van der Waals surface area contributed by atoms with Crippen molar-refractivity contribution >= 4 is 19.7 Å². The zero-order valence-electron chi connectivity index (χ0n) is 10.6. The van der Waals surface area contributed by atoms with Gasteiger partial charge in [0.1, 0.15) is 6.79 Å². The quantitative estimate of drug-likeness (QED) is 0.459. The molecule has 0 saturated carbocycles. The Morgan fingerprint density at radius 2 is 2.00 bits per heavy atom. The lowest BCUT2D eigenvalue weighted by Crippen LogP contribution is -2.25. The fourth-order valence-electron chi connectivity index (χ4n) is 1.53. The summed E-state index contributed by atoms with van der Waals surface area (Å²) >= 11 is 0. The molecule has 0 unspecified atom stereocenters. The third-order valence-electron chi connectivity index (χ3n) is 2.56. The minimum Gasteiger partial charge on any atom is -0.359 e. The van der Waals surface area contributed by atoms with Crippen molar-refractivity contribution < 1.29 is 17.9 Å². The summed E-state index contributed by atoms with van der Waals surface area (Å²) in [5, 5.41) is 0. The summed E-state index contributed by atoms with van der Waals surface area (Å²) in [5.74, 6) is 0. The molecule has 0 aliphatic carbocycles. The Kier molecular flexibility index (Phi) is 5.16. The molecule has 0 N–H and O–H groups in total. The van der Waals surface area contributed by atoms with Crippen molar-refractivity contribution in [2.24, 2.45) is 0 Å². The van der Waals surface area contributed by atoms with Crippen LogP contribution in [-0.2, 0) is 23.9 Å². The lowest BCUT2D eigenvalue weighted by molar-refractivity contribution is -0.0452. The van der Waals surface area contributed by atoms with Crippen molar-refractivity contribution in [2.75, 3.05) is 20.5 Å². The van der Waals surface area contributed by atoms with Gasteiger partial charge in [-0.05, 0) is 17.7 Å². The minimum atomic E-state index is -3.70. The zero-order valence-corrected chi connectivity index (χ0v) is 12.2. The van der Waals surface area contributed by atoms with Crippen LogP contribution in [0.3, 0.4) is 0 Å². The molecule has 1 aromatic carbocycles. The van der Waals surface area contributed by atoms with Crippen LogP contribution in [0.1, 0.15) is 19.4 Å². The van der Waals surface area contributed by atoms with Gasteiger partial charge in [-0.2, -0.15) is 0 Å². The third-order valence-corrected chi connectivity index (χ3v) is 3.91. The number of benzene rings is 1. The Hall–Kier alpha value is -0.620. The monoisotopic (exact) mass is 292 g/mol.